The molecule has 10 rings (SSSR count). The third kappa shape index (κ3) is 21.9. The van der Waals surface area contributed by atoms with Crippen molar-refractivity contribution < 1.29 is 84.6 Å². The Hall–Kier alpha value is -4.40. The van der Waals surface area contributed by atoms with E-state index in [0.717, 1.165) is 64.7 Å². The van der Waals surface area contributed by atoms with Gasteiger partial charge in [0.2, 0.25) is 0 Å². The quantitative estimate of drug-likeness (QED) is 0.0276. The molecule has 5 N–H and O–H groups in total. The van der Waals surface area contributed by atoms with E-state index in [9.17, 15) is 41.7 Å². The van der Waals surface area contributed by atoms with Crippen LogP contribution in [0.25, 0.3) is 0 Å². The zero-order valence-electron chi connectivity index (χ0n) is 52.3. The number of halogens is 1. The van der Waals surface area contributed by atoms with Gasteiger partial charge >= 0.3 is 12.2 Å². The molecule has 2 saturated carbocycles. The molecule has 0 aromatic heterocycles. The van der Waals surface area contributed by atoms with Gasteiger partial charge in [-0.2, -0.15) is 0 Å². The average molecular weight is 1360 g/mol. The summed E-state index contributed by atoms with van der Waals surface area (Å²) in [4.78, 5) is 38.5. The van der Waals surface area contributed by atoms with Crippen molar-refractivity contribution in [1.29, 1.82) is 1.34 Å². The van der Waals surface area contributed by atoms with Gasteiger partial charge in [-0.3, -0.25) is 9.68 Å². The Bertz CT molecular complexity index is 3020. The SMILES string of the molecule is CC(C)Br.CC(C)Oc1cccc(S(=O)(=O)N(C[C@@H](O)[C@H](Cc2ccccc2)NC(=O)OC2CO[C@H]3OCC[C@@H]23)OC2CCCC2)c1.O=C(N[C@@H](Cc1ccccc1)[C@H](O)CN(OC1CCCC1)S(=O)(=O)c1cccc(O)c1)OC1CO[C@H]2OCC[C@@H]12.[3H][B].[AlH2]. The lowest BCUT2D eigenvalue weighted by Crippen LogP contribution is -2.51. The molecule has 10 atom stereocenters. The molecular weight excluding hydrogens is 1270 g/mol. The summed E-state index contributed by atoms with van der Waals surface area (Å²) in [5.74, 6) is 0.110. The predicted molar refractivity (Wildman–Crippen MR) is 339 cm³/mol. The van der Waals surface area contributed by atoms with Crippen LogP contribution in [0.1, 0.15) is 103 Å². The molecule has 3 radical (unpaired) electrons. The first kappa shape index (κ1) is 72.0. The van der Waals surface area contributed by atoms with Crippen LogP contribution in [0.15, 0.2) is 119 Å². The summed E-state index contributed by atoms with van der Waals surface area (Å²) in [5, 5.41) is 38.4. The molecular formula is C62H88AlBBrN4O18S2. The number of ether oxygens (including phenoxy) is 7. The summed E-state index contributed by atoms with van der Waals surface area (Å²) < 4.78 is 101. The van der Waals surface area contributed by atoms with Crippen LogP contribution in [0, 0.1) is 11.8 Å². The van der Waals surface area contributed by atoms with Crippen molar-refractivity contribution >= 4 is 73.9 Å². The topological polar surface area (TPSA) is 277 Å². The molecule has 4 aromatic rings. The van der Waals surface area contributed by atoms with Crippen LogP contribution in [0.3, 0.4) is 0 Å². The van der Waals surface area contributed by atoms with Crippen LogP contribution in [0.2, 0.25) is 0 Å². The average Bonchev–Trinajstić information content (AvgIpc) is 1.25. The lowest BCUT2D eigenvalue weighted by Gasteiger charge is -2.31. The third-order valence-electron chi connectivity index (χ3n) is 15.6. The largest absolute Gasteiger partial charge is 0.508 e. The summed E-state index contributed by atoms with van der Waals surface area (Å²) in [6.45, 7) is 8.57. The van der Waals surface area contributed by atoms with Gasteiger partial charge in [0.25, 0.3) is 20.0 Å². The number of fused-ring (bicyclic) bond motifs is 2. The zero-order chi connectivity index (χ0) is 64.1. The Balaban J connectivity index is 0.000000261. The second kappa shape index (κ2) is 35.6. The summed E-state index contributed by atoms with van der Waals surface area (Å²) in [6.07, 6.45) is 1.79. The van der Waals surface area contributed by atoms with Crippen LogP contribution in [-0.4, -0.2) is 192 Å². The van der Waals surface area contributed by atoms with Crippen molar-refractivity contribution in [3.8, 4) is 11.5 Å². The van der Waals surface area contributed by atoms with Gasteiger partial charge in [-0.25, -0.2) is 26.4 Å². The van der Waals surface area contributed by atoms with Gasteiger partial charge in [-0.15, -0.1) is 0 Å². The first-order valence-corrected chi connectivity index (χ1v) is 33.9. The smallest absolute Gasteiger partial charge is 0.407 e. The number of nitrogens with one attached hydrogen (secondary N) is 2. The van der Waals surface area contributed by atoms with E-state index in [1.807, 2.05) is 74.5 Å². The lowest BCUT2D eigenvalue weighted by atomic mass is 10.0. The Morgan fingerprint density at radius 2 is 1.02 bits per heavy atom. The van der Waals surface area contributed by atoms with Crippen molar-refractivity contribution in [3.05, 3.63) is 120 Å². The fourth-order valence-electron chi connectivity index (χ4n) is 11.2. The fourth-order valence-corrected chi connectivity index (χ4v) is 13.9. The molecule has 489 valence electrons. The number of amides is 2. The number of aromatic hydroxyl groups is 1. The Labute approximate surface area is 546 Å². The van der Waals surface area contributed by atoms with E-state index in [4.69, 9.17) is 44.2 Å². The van der Waals surface area contributed by atoms with Crippen molar-refractivity contribution in [3.63, 3.8) is 0 Å². The first-order chi connectivity index (χ1) is 42.7. The molecule has 6 fully saturated rings. The van der Waals surface area contributed by atoms with Gasteiger partial charge in [0, 0.05) is 19.3 Å². The first-order valence-electron chi connectivity index (χ1n) is 30.7. The molecule has 27 heteroatoms. The van der Waals surface area contributed by atoms with Crippen molar-refractivity contribution in [2.24, 2.45) is 11.8 Å². The molecule has 6 aliphatic rings. The maximum atomic E-state index is 13.9. The number of rotatable bonds is 24. The van der Waals surface area contributed by atoms with E-state index in [0.29, 0.717) is 49.5 Å². The number of aliphatic hydroxyl groups excluding tert-OH is 2. The molecule has 0 bridgehead atoms. The van der Waals surface area contributed by atoms with Gasteiger partial charge in [0.15, 0.2) is 12.6 Å². The Kier molecular flexibility index (Phi) is 28.8. The molecule has 2 unspecified atom stereocenters. The number of hydrogen-bond donors (Lipinski definition) is 5. The fraction of sp³-hybridized carbons (Fsp3) is 0.581. The highest BCUT2D eigenvalue weighted by Crippen LogP contribution is 2.35. The summed E-state index contributed by atoms with van der Waals surface area (Å²) in [6, 6.07) is 28.3. The van der Waals surface area contributed by atoms with Crippen LogP contribution >= 0.6 is 15.9 Å². The van der Waals surface area contributed by atoms with E-state index in [1.54, 1.807) is 12.1 Å². The molecule has 89 heavy (non-hydrogen) atoms. The maximum absolute atomic E-state index is 13.9. The number of alkyl halides is 1. The molecule has 4 aliphatic heterocycles. The van der Waals surface area contributed by atoms with Crippen LogP contribution in [0.4, 0.5) is 9.59 Å². The van der Waals surface area contributed by atoms with Crippen molar-refractivity contribution in [1.82, 2.24) is 19.6 Å². The maximum Gasteiger partial charge on any atom is 0.407 e. The number of hydroxylamine groups is 2. The van der Waals surface area contributed by atoms with Gasteiger partial charge in [-0.1, -0.05) is 137 Å². The number of carbonyl (C=O) groups excluding carboxylic acids is 2. The van der Waals surface area contributed by atoms with E-state index < -0.39 is 81.8 Å². The number of alkyl carbamates (subject to hydrolysis) is 2. The van der Waals surface area contributed by atoms with Crippen LogP contribution in [-0.2, 0) is 71.0 Å². The highest BCUT2D eigenvalue weighted by Gasteiger charge is 2.46. The predicted octanol–water partition coefficient (Wildman–Crippen LogP) is 6.74. The lowest BCUT2D eigenvalue weighted by molar-refractivity contribution is -0.145. The molecule has 4 heterocycles. The second-order valence-electron chi connectivity index (χ2n) is 23.1. The van der Waals surface area contributed by atoms with Crippen molar-refractivity contribution in [2.45, 2.75) is 187 Å². The Morgan fingerprint density at radius 1 is 0.618 bits per heavy atom. The summed E-state index contributed by atoms with van der Waals surface area (Å²) >= 11 is 3.27. The molecule has 22 nitrogen and oxygen atoms in total. The number of aliphatic hydroxyl groups is 2. The second-order valence-corrected chi connectivity index (χ2v) is 28.6. The number of carbonyl (C=O) groups is 2. The summed E-state index contributed by atoms with van der Waals surface area (Å²) in [7, 11) is -4.71. The highest BCUT2D eigenvalue weighted by molar-refractivity contribution is 9.09. The van der Waals surface area contributed by atoms with Crippen LogP contribution in [0.5, 0.6) is 11.5 Å². The number of hydrogen-bond acceptors (Lipinski definition) is 18. The highest BCUT2D eigenvalue weighted by atomic mass is 79.9. The number of phenolic OH excluding ortho intramolecular Hbond substituents is 1. The normalized spacial score (nSPS) is 23.0. The zero-order valence-corrected chi connectivity index (χ0v) is 56.6. The minimum absolute atomic E-state index is 0. The minimum Gasteiger partial charge on any atom is -0.508 e. The monoisotopic (exact) mass is 1360 g/mol. The number of sulfonamides is 2. The van der Waals surface area contributed by atoms with E-state index in [1.165, 1.54) is 30.3 Å². The molecule has 4 saturated heterocycles. The molecule has 2 aliphatic carbocycles. The number of benzene rings is 4. The van der Waals surface area contributed by atoms with Crippen LogP contribution < -0.4 is 15.4 Å². The Morgan fingerprint density at radius 3 is 1.43 bits per heavy atom. The molecule has 4 aromatic carbocycles. The van der Waals surface area contributed by atoms with E-state index in [-0.39, 0.29) is 102 Å². The number of nitrogens with zero attached hydrogens (tertiary/aromatic N) is 2. The van der Waals surface area contributed by atoms with Gasteiger partial charge in [0.1, 0.15) is 41.1 Å². The van der Waals surface area contributed by atoms with Gasteiger partial charge < -0.3 is 59.1 Å². The standard InChI is InChI=1S/C31H42N2O9S.C28H36N2O9S.C3H7Br.Al.BH.2H/c1-21(2)40-24-13-8-14-25(18-24)43(36,37)33(42-23-11-6-7-12-23)19-28(34)27(17-22-9-4-3-5-10-22)32-31(35)41-29-20-39-30-26(29)15-16-38-30;31-20-9-6-12-22(16-20)40(34,35)30(39-21-10-4-5-11-21)17-25(32)24(15-19-7-2-1-3-8-19)29-28(33)38-26-18-37-27-23(26)13-14-36-27;1-3(2)4;;;;/h3-5,8-10,13-14,18,21,23,26-30,34H,6-7,11-12,15-17,19-20H2,1-2H3,(H,32,35);1-3,6-9,12,16,21,23-27,31-32H,4-5,10-11,13-15,17-18H2,(H,29,33);3H,1-2H3;;1H;;/t26-,27-,28+,29?,30+;23-,24-,25+,26?,27+;;;;;/m00...../s1/i;;;;1T;;. The van der Waals surface area contributed by atoms with E-state index in [2.05, 4.69) is 48.8 Å². The van der Waals surface area contributed by atoms with Gasteiger partial charge in [-0.05, 0) is 108 Å². The third-order valence-corrected chi connectivity index (χ3v) is 18.8. The van der Waals surface area contributed by atoms with Crippen molar-refractivity contribution in [2.75, 3.05) is 39.5 Å². The minimum atomic E-state index is -4.25. The van der Waals surface area contributed by atoms with E-state index >= 15 is 0 Å². The molecule has 2 amide bonds. The van der Waals surface area contributed by atoms with Gasteiger partial charge in [0.05, 0.1) is 104 Å². The molecule has 0 spiro atoms. The number of phenols is 1. The summed E-state index contributed by atoms with van der Waals surface area (Å²) in [5.41, 5.74) is 1.68.